The maximum Gasteiger partial charge on any atom is 0.223 e. The van der Waals surface area contributed by atoms with Crippen molar-refractivity contribution in [3.05, 3.63) is 34.7 Å². The van der Waals surface area contributed by atoms with Crippen molar-refractivity contribution < 1.29 is 4.79 Å². The molecule has 1 N–H and O–H groups in total. The van der Waals surface area contributed by atoms with E-state index in [1.807, 2.05) is 29.6 Å². The second-order valence-corrected chi connectivity index (χ2v) is 4.52. The third kappa shape index (κ3) is 2.59. The van der Waals surface area contributed by atoms with E-state index in [1.165, 1.54) is 18.3 Å². The van der Waals surface area contributed by atoms with Crippen molar-refractivity contribution in [2.24, 2.45) is 0 Å². The second-order valence-electron chi connectivity index (χ2n) is 3.23. The lowest BCUT2D eigenvalue weighted by molar-refractivity contribution is -0.114. The van der Waals surface area contributed by atoms with E-state index in [2.05, 4.69) is 10.3 Å². The van der Waals surface area contributed by atoms with Gasteiger partial charge in [0.05, 0.1) is 5.69 Å². The zero-order chi connectivity index (χ0) is 11.5. The Morgan fingerprint density at radius 3 is 3.00 bits per heavy atom. The highest BCUT2D eigenvalue weighted by Gasteiger charge is 2.05. The number of hydrogen-bond donors (Lipinski definition) is 1. The number of amides is 1. The van der Waals surface area contributed by atoms with Gasteiger partial charge in [0.15, 0.2) is 5.13 Å². The summed E-state index contributed by atoms with van der Waals surface area (Å²) in [6.07, 6.45) is 0. The number of rotatable bonds is 2. The van der Waals surface area contributed by atoms with Gasteiger partial charge < -0.3 is 5.32 Å². The number of hydrogen-bond acceptors (Lipinski definition) is 3. The lowest BCUT2D eigenvalue weighted by Crippen LogP contribution is -2.04. The third-order valence-electron chi connectivity index (χ3n) is 1.91. The van der Waals surface area contributed by atoms with Crippen LogP contribution in [0, 0.1) is 0 Å². The summed E-state index contributed by atoms with van der Waals surface area (Å²) in [4.78, 5) is 15.1. The molecule has 1 heterocycles. The summed E-state index contributed by atoms with van der Waals surface area (Å²) in [6.45, 7) is 1.46. The molecule has 0 unspecified atom stereocenters. The van der Waals surface area contributed by atoms with Gasteiger partial charge in [-0.1, -0.05) is 23.7 Å². The Hall–Kier alpha value is -1.39. The van der Waals surface area contributed by atoms with Gasteiger partial charge in [-0.3, -0.25) is 4.79 Å². The Bertz CT molecular complexity index is 524. The van der Waals surface area contributed by atoms with Crippen molar-refractivity contribution in [1.29, 1.82) is 0 Å². The quantitative estimate of drug-likeness (QED) is 0.890. The second kappa shape index (κ2) is 4.63. The number of nitrogens with one attached hydrogen (secondary N) is 1. The fraction of sp³-hybridized carbons (Fsp3) is 0.0909. The first-order chi connectivity index (χ1) is 7.65. The number of anilines is 1. The number of carbonyl (C=O) groups excluding carboxylic acids is 1. The largest absolute Gasteiger partial charge is 0.302 e. The van der Waals surface area contributed by atoms with Gasteiger partial charge >= 0.3 is 0 Å². The van der Waals surface area contributed by atoms with Crippen LogP contribution in [-0.4, -0.2) is 10.9 Å². The Morgan fingerprint density at radius 1 is 1.50 bits per heavy atom. The zero-order valence-electron chi connectivity index (χ0n) is 8.53. The van der Waals surface area contributed by atoms with Crippen LogP contribution in [0.4, 0.5) is 5.13 Å². The first-order valence-corrected chi connectivity index (χ1v) is 5.90. The number of aromatic nitrogens is 1. The van der Waals surface area contributed by atoms with Crippen LogP contribution in [-0.2, 0) is 4.79 Å². The van der Waals surface area contributed by atoms with Crippen LogP contribution in [0.2, 0.25) is 5.02 Å². The topological polar surface area (TPSA) is 42.0 Å². The summed E-state index contributed by atoms with van der Waals surface area (Å²) < 4.78 is 0. The van der Waals surface area contributed by atoms with Gasteiger partial charge in [0.2, 0.25) is 5.91 Å². The minimum Gasteiger partial charge on any atom is -0.302 e. The summed E-state index contributed by atoms with van der Waals surface area (Å²) in [5, 5.41) is 5.80. The molecule has 1 aromatic heterocycles. The molecule has 0 saturated carbocycles. The van der Waals surface area contributed by atoms with E-state index in [0.717, 1.165) is 11.3 Å². The van der Waals surface area contributed by atoms with Gasteiger partial charge in [0.25, 0.3) is 0 Å². The predicted molar refractivity (Wildman–Crippen MR) is 66.9 cm³/mol. The van der Waals surface area contributed by atoms with Gasteiger partial charge in [0.1, 0.15) is 0 Å². The lowest BCUT2D eigenvalue weighted by Gasteiger charge is -1.97. The number of benzene rings is 1. The van der Waals surface area contributed by atoms with Crippen LogP contribution in [0.3, 0.4) is 0 Å². The van der Waals surface area contributed by atoms with Gasteiger partial charge in [-0.05, 0) is 12.1 Å². The molecule has 0 aliphatic rings. The fourth-order valence-corrected chi connectivity index (χ4v) is 2.22. The minimum absolute atomic E-state index is 0.119. The molecule has 82 valence electrons. The molecule has 2 aromatic rings. The SMILES string of the molecule is CC(=O)Nc1nc(-c2cccc(Cl)c2)cs1. The van der Waals surface area contributed by atoms with E-state index >= 15 is 0 Å². The smallest absolute Gasteiger partial charge is 0.223 e. The van der Waals surface area contributed by atoms with E-state index in [0.29, 0.717) is 10.2 Å². The monoisotopic (exact) mass is 252 g/mol. The molecular formula is C11H9ClN2OS. The number of halogens is 1. The fourth-order valence-electron chi connectivity index (χ4n) is 1.26. The van der Waals surface area contributed by atoms with Gasteiger partial charge in [-0.2, -0.15) is 0 Å². The average molecular weight is 253 g/mol. The van der Waals surface area contributed by atoms with Crippen molar-refractivity contribution in [1.82, 2.24) is 4.98 Å². The van der Waals surface area contributed by atoms with Crippen LogP contribution >= 0.6 is 22.9 Å². The van der Waals surface area contributed by atoms with Gasteiger partial charge in [-0.15, -0.1) is 11.3 Å². The van der Waals surface area contributed by atoms with E-state index in [-0.39, 0.29) is 5.91 Å². The molecule has 0 fully saturated rings. The molecule has 16 heavy (non-hydrogen) atoms. The molecule has 0 radical (unpaired) electrons. The summed E-state index contributed by atoms with van der Waals surface area (Å²) in [5.41, 5.74) is 1.76. The summed E-state index contributed by atoms with van der Waals surface area (Å²) in [5.74, 6) is -0.119. The van der Waals surface area contributed by atoms with Crippen LogP contribution in [0.25, 0.3) is 11.3 Å². The van der Waals surface area contributed by atoms with Crippen molar-refractivity contribution in [2.45, 2.75) is 6.92 Å². The molecule has 3 nitrogen and oxygen atoms in total. The Balaban J connectivity index is 2.28. The molecule has 0 saturated heterocycles. The number of carbonyl (C=O) groups is 1. The normalized spacial score (nSPS) is 10.1. The van der Waals surface area contributed by atoms with Crippen molar-refractivity contribution in [3.8, 4) is 11.3 Å². The van der Waals surface area contributed by atoms with Crippen LogP contribution in [0.5, 0.6) is 0 Å². The molecule has 2 rings (SSSR count). The molecule has 0 spiro atoms. The van der Waals surface area contributed by atoms with E-state index in [4.69, 9.17) is 11.6 Å². The lowest BCUT2D eigenvalue weighted by atomic mass is 10.2. The molecule has 5 heteroatoms. The molecule has 0 bridgehead atoms. The number of thiazole rings is 1. The Morgan fingerprint density at radius 2 is 2.31 bits per heavy atom. The van der Waals surface area contributed by atoms with Gasteiger partial charge in [0, 0.05) is 22.9 Å². The first-order valence-electron chi connectivity index (χ1n) is 4.64. The zero-order valence-corrected chi connectivity index (χ0v) is 10.1. The van der Waals surface area contributed by atoms with Crippen LogP contribution in [0.15, 0.2) is 29.6 Å². The standard InChI is InChI=1S/C11H9ClN2OS/c1-7(15)13-11-14-10(6-16-11)8-3-2-4-9(12)5-8/h2-6H,1H3,(H,13,14,15). The Kier molecular flexibility index (Phi) is 3.22. The maximum atomic E-state index is 10.8. The van der Waals surface area contributed by atoms with E-state index in [1.54, 1.807) is 0 Å². The summed E-state index contributed by atoms with van der Waals surface area (Å²) in [7, 11) is 0. The van der Waals surface area contributed by atoms with Crippen molar-refractivity contribution in [2.75, 3.05) is 5.32 Å². The van der Waals surface area contributed by atoms with Crippen LogP contribution < -0.4 is 5.32 Å². The molecule has 0 aliphatic carbocycles. The summed E-state index contributed by atoms with van der Waals surface area (Å²) in [6, 6.07) is 7.45. The van der Waals surface area contributed by atoms with Crippen LogP contribution in [0.1, 0.15) is 6.92 Å². The van der Waals surface area contributed by atoms with Crippen molar-refractivity contribution in [3.63, 3.8) is 0 Å². The first kappa shape index (κ1) is 11.1. The molecule has 1 amide bonds. The van der Waals surface area contributed by atoms with E-state index in [9.17, 15) is 4.79 Å². The number of nitrogens with zero attached hydrogens (tertiary/aromatic N) is 1. The predicted octanol–water partition coefficient (Wildman–Crippen LogP) is 3.42. The molecule has 1 aromatic carbocycles. The summed E-state index contributed by atoms with van der Waals surface area (Å²) >= 11 is 7.28. The van der Waals surface area contributed by atoms with Crippen molar-refractivity contribution >= 4 is 34.0 Å². The van der Waals surface area contributed by atoms with E-state index < -0.39 is 0 Å². The highest BCUT2D eigenvalue weighted by Crippen LogP contribution is 2.26. The average Bonchev–Trinajstić information content (AvgIpc) is 2.65. The third-order valence-corrected chi connectivity index (χ3v) is 2.90. The maximum absolute atomic E-state index is 10.8. The molecular weight excluding hydrogens is 244 g/mol. The minimum atomic E-state index is -0.119. The van der Waals surface area contributed by atoms with Gasteiger partial charge in [-0.25, -0.2) is 4.98 Å². The molecule has 0 aliphatic heterocycles. The highest BCUT2D eigenvalue weighted by atomic mass is 35.5. The Labute approximate surface area is 102 Å². The molecule has 0 atom stereocenters. The highest BCUT2D eigenvalue weighted by molar-refractivity contribution is 7.14.